The van der Waals surface area contributed by atoms with Crippen LogP contribution in [-0.4, -0.2) is 49.3 Å². The van der Waals surface area contributed by atoms with Crippen LogP contribution in [0.4, 0.5) is 0 Å². The molecule has 0 rings (SSSR count). The fourth-order valence-corrected chi connectivity index (χ4v) is 0.878. The van der Waals surface area contributed by atoms with Crippen molar-refractivity contribution in [1.82, 2.24) is 4.90 Å². The van der Waals surface area contributed by atoms with Gasteiger partial charge in [0.1, 0.15) is 0 Å². The van der Waals surface area contributed by atoms with Crippen molar-refractivity contribution in [1.29, 1.82) is 0 Å². The molecule has 0 saturated carbocycles. The number of hydrogen-bond acceptors (Lipinski definition) is 3. The molecule has 72 valence electrons. The van der Waals surface area contributed by atoms with Gasteiger partial charge in [-0.05, 0) is 6.92 Å². The molecule has 0 radical (unpaired) electrons. The first-order chi connectivity index (χ1) is 5.57. The number of carbonyl (C=O) groups is 1. The lowest BCUT2D eigenvalue weighted by Gasteiger charge is -2.18. The second-order valence-electron chi connectivity index (χ2n) is 2.87. The van der Waals surface area contributed by atoms with E-state index in [0.29, 0.717) is 19.6 Å². The summed E-state index contributed by atoms with van der Waals surface area (Å²) in [4.78, 5) is 12.7. The van der Waals surface area contributed by atoms with Gasteiger partial charge in [0.15, 0.2) is 0 Å². The minimum atomic E-state index is -0.471. The number of methoxy groups -OCH3 is 1. The van der Waals surface area contributed by atoms with Crippen molar-refractivity contribution in [2.24, 2.45) is 0 Å². The number of aliphatic hydroxyl groups excluding tert-OH is 1. The van der Waals surface area contributed by atoms with Crippen LogP contribution in [0.3, 0.4) is 0 Å². The Bertz CT molecular complexity index is 136. The molecule has 1 atom stereocenters. The van der Waals surface area contributed by atoms with Crippen LogP contribution in [0.1, 0.15) is 13.3 Å². The quantitative estimate of drug-likeness (QED) is 0.633. The zero-order valence-electron chi connectivity index (χ0n) is 7.91. The maximum atomic E-state index is 11.2. The average molecular weight is 175 g/mol. The Morgan fingerprint density at radius 3 is 2.67 bits per heavy atom. The molecule has 0 aromatic heterocycles. The molecule has 4 heteroatoms. The topological polar surface area (TPSA) is 49.8 Å². The predicted octanol–water partition coefficient (Wildman–Crippen LogP) is -0.138. The molecule has 0 fully saturated rings. The smallest absolute Gasteiger partial charge is 0.224 e. The molecule has 0 aliphatic rings. The van der Waals surface area contributed by atoms with Crippen molar-refractivity contribution in [3.05, 3.63) is 0 Å². The van der Waals surface area contributed by atoms with Gasteiger partial charge in [-0.2, -0.15) is 0 Å². The van der Waals surface area contributed by atoms with Gasteiger partial charge in [-0.3, -0.25) is 4.79 Å². The average Bonchev–Trinajstić information content (AvgIpc) is 1.98. The van der Waals surface area contributed by atoms with Crippen LogP contribution in [0.15, 0.2) is 0 Å². The minimum absolute atomic E-state index is 0.00208. The number of rotatable bonds is 5. The summed E-state index contributed by atoms with van der Waals surface area (Å²) in [7, 11) is 3.23. The first-order valence-electron chi connectivity index (χ1n) is 3.99. The van der Waals surface area contributed by atoms with Crippen LogP contribution >= 0.6 is 0 Å². The second-order valence-corrected chi connectivity index (χ2v) is 2.87. The van der Waals surface area contributed by atoms with E-state index in [2.05, 4.69) is 0 Å². The zero-order chi connectivity index (χ0) is 9.56. The van der Waals surface area contributed by atoms with Gasteiger partial charge in [0.2, 0.25) is 5.91 Å². The van der Waals surface area contributed by atoms with Gasteiger partial charge in [0.25, 0.3) is 0 Å². The Labute approximate surface area is 73.1 Å². The molecule has 1 amide bonds. The molecule has 1 unspecified atom stereocenters. The third-order valence-corrected chi connectivity index (χ3v) is 1.48. The molecule has 0 aliphatic heterocycles. The van der Waals surface area contributed by atoms with Crippen molar-refractivity contribution in [2.75, 3.05) is 27.3 Å². The summed E-state index contributed by atoms with van der Waals surface area (Å²) in [6, 6.07) is 0. The molecule has 0 aromatic carbocycles. The first-order valence-corrected chi connectivity index (χ1v) is 3.99. The Balaban J connectivity index is 3.61. The number of aliphatic hydroxyl groups is 1. The summed E-state index contributed by atoms with van der Waals surface area (Å²) in [5, 5.41) is 8.97. The summed E-state index contributed by atoms with van der Waals surface area (Å²) in [6.07, 6.45) is -0.0961. The third-order valence-electron chi connectivity index (χ3n) is 1.48. The lowest BCUT2D eigenvalue weighted by atomic mass is 10.3. The number of ether oxygens (including phenoxy) is 1. The van der Waals surface area contributed by atoms with E-state index in [1.807, 2.05) is 0 Å². The van der Waals surface area contributed by atoms with E-state index < -0.39 is 6.10 Å². The van der Waals surface area contributed by atoms with Crippen molar-refractivity contribution >= 4 is 5.91 Å². The monoisotopic (exact) mass is 175 g/mol. The maximum absolute atomic E-state index is 11.2. The molecular weight excluding hydrogens is 158 g/mol. The molecule has 0 heterocycles. The maximum Gasteiger partial charge on any atom is 0.224 e. The van der Waals surface area contributed by atoms with Gasteiger partial charge in [0, 0.05) is 20.7 Å². The number of nitrogens with zero attached hydrogens (tertiary/aromatic N) is 1. The van der Waals surface area contributed by atoms with Gasteiger partial charge in [-0.25, -0.2) is 0 Å². The predicted molar refractivity (Wildman–Crippen MR) is 45.8 cm³/mol. The normalized spacial score (nSPS) is 12.7. The van der Waals surface area contributed by atoms with Crippen LogP contribution in [0.5, 0.6) is 0 Å². The first kappa shape index (κ1) is 11.4. The molecule has 0 spiro atoms. The van der Waals surface area contributed by atoms with E-state index in [9.17, 15) is 4.79 Å². The highest BCUT2D eigenvalue weighted by Gasteiger charge is 2.09. The van der Waals surface area contributed by atoms with Gasteiger partial charge >= 0.3 is 0 Å². The minimum Gasteiger partial charge on any atom is -0.392 e. The van der Waals surface area contributed by atoms with Crippen molar-refractivity contribution in [3.63, 3.8) is 0 Å². The Morgan fingerprint density at radius 1 is 1.67 bits per heavy atom. The molecule has 0 bridgehead atoms. The van der Waals surface area contributed by atoms with E-state index >= 15 is 0 Å². The van der Waals surface area contributed by atoms with Crippen LogP contribution < -0.4 is 0 Å². The van der Waals surface area contributed by atoms with Crippen molar-refractivity contribution in [2.45, 2.75) is 19.4 Å². The lowest BCUT2D eigenvalue weighted by Crippen LogP contribution is -2.33. The number of carbonyl (C=O) groups excluding carboxylic acids is 1. The van der Waals surface area contributed by atoms with Gasteiger partial charge in [-0.15, -0.1) is 0 Å². The SMILES string of the molecule is COCCC(=O)N(C)CC(C)O. The van der Waals surface area contributed by atoms with E-state index in [0.717, 1.165) is 0 Å². The Kier molecular flexibility index (Phi) is 5.66. The molecule has 1 N–H and O–H groups in total. The number of hydrogen-bond donors (Lipinski definition) is 1. The fraction of sp³-hybridized carbons (Fsp3) is 0.875. The molecular formula is C8H17NO3. The van der Waals surface area contributed by atoms with Crippen molar-refractivity contribution < 1.29 is 14.6 Å². The van der Waals surface area contributed by atoms with Gasteiger partial charge in [0.05, 0.1) is 19.1 Å². The Hall–Kier alpha value is -0.610. The van der Waals surface area contributed by atoms with E-state index in [1.165, 1.54) is 4.90 Å². The van der Waals surface area contributed by atoms with E-state index in [4.69, 9.17) is 9.84 Å². The number of likely N-dealkylation sites (N-methyl/N-ethyl adjacent to an activating group) is 1. The summed E-state index contributed by atoms with van der Waals surface area (Å²) in [5.74, 6) is -0.00208. The van der Waals surface area contributed by atoms with Gasteiger partial charge < -0.3 is 14.7 Å². The fourth-order valence-electron chi connectivity index (χ4n) is 0.878. The summed E-state index contributed by atoms with van der Waals surface area (Å²) >= 11 is 0. The summed E-state index contributed by atoms with van der Waals surface area (Å²) in [6.45, 7) is 2.46. The highest BCUT2D eigenvalue weighted by Crippen LogP contribution is 1.93. The number of amides is 1. The molecule has 0 aromatic rings. The molecule has 12 heavy (non-hydrogen) atoms. The van der Waals surface area contributed by atoms with Crippen LogP contribution in [0.25, 0.3) is 0 Å². The van der Waals surface area contributed by atoms with E-state index in [1.54, 1.807) is 21.1 Å². The lowest BCUT2D eigenvalue weighted by molar-refractivity contribution is -0.131. The van der Waals surface area contributed by atoms with E-state index in [-0.39, 0.29) is 5.91 Å². The van der Waals surface area contributed by atoms with Crippen molar-refractivity contribution in [3.8, 4) is 0 Å². The molecule has 4 nitrogen and oxygen atoms in total. The standard InChI is InChI=1S/C8H17NO3/c1-7(10)6-9(2)8(11)4-5-12-3/h7,10H,4-6H2,1-3H3. The molecule has 0 aliphatic carbocycles. The second kappa shape index (κ2) is 5.97. The summed E-state index contributed by atoms with van der Waals surface area (Å²) < 4.78 is 4.76. The summed E-state index contributed by atoms with van der Waals surface area (Å²) in [5.41, 5.74) is 0. The van der Waals surface area contributed by atoms with Crippen LogP contribution in [0.2, 0.25) is 0 Å². The highest BCUT2D eigenvalue weighted by atomic mass is 16.5. The largest absolute Gasteiger partial charge is 0.392 e. The Morgan fingerprint density at radius 2 is 2.25 bits per heavy atom. The van der Waals surface area contributed by atoms with Gasteiger partial charge in [-0.1, -0.05) is 0 Å². The molecule has 0 saturated heterocycles. The third kappa shape index (κ3) is 5.09. The van der Waals surface area contributed by atoms with Crippen LogP contribution in [-0.2, 0) is 9.53 Å². The highest BCUT2D eigenvalue weighted by molar-refractivity contribution is 5.75. The van der Waals surface area contributed by atoms with Crippen LogP contribution in [0, 0.1) is 0 Å². The zero-order valence-corrected chi connectivity index (χ0v) is 7.91.